The summed E-state index contributed by atoms with van der Waals surface area (Å²) in [4.78, 5) is 11.3. The van der Waals surface area contributed by atoms with E-state index in [0.29, 0.717) is 5.92 Å². The first-order valence-electron chi connectivity index (χ1n) is 8.53. The minimum Gasteiger partial charge on any atom is -0.298 e. The molecule has 0 spiro atoms. The smallest absolute Gasteiger partial charge is 0.150 e. The Hall–Kier alpha value is -2.68. The third-order valence-corrected chi connectivity index (χ3v) is 4.68. The van der Waals surface area contributed by atoms with Crippen LogP contribution in [0.25, 0.3) is 22.5 Å². The van der Waals surface area contributed by atoms with E-state index in [4.69, 9.17) is 5.10 Å². The van der Waals surface area contributed by atoms with Crippen LogP contribution in [0.4, 0.5) is 0 Å². The molecular formula is C21H20N2O. The molecule has 3 nitrogen and oxygen atoms in total. The van der Waals surface area contributed by atoms with Crippen molar-refractivity contribution in [2.45, 2.75) is 32.2 Å². The van der Waals surface area contributed by atoms with Gasteiger partial charge in [0.2, 0.25) is 0 Å². The molecule has 0 aliphatic heterocycles. The van der Waals surface area contributed by atoms with E-state index >= 15 is 0 Å². The van der Waals surface area contributed by atoms with Gasteiger partial charge in [-0.25, -0.2) is 0 Å². The SMILES string of the molecule is CCn1nc(-c2ccc(C=O)c(C3CC3)c2)cc1-c1ccccc1. The summed E-state index contributed by atoms with van der Waals surface area (Å²) in [6.07, 6.45) is 3.34. The van der Waals surface area contributed by atoms with Crippen molar-refractivity contribution in [3.05, 3.63) is 65.7 Å². The van der Waals surface area contributed by atoms with Crippen molar-refractivity contribution in [1.82, 2.24) is 9.78 Å². The van der Waals surface area contributed by atoms with Crippen LogP contribution in [0.3, 0.4) is 0 Å². The molecule has 0 atom stereocenters. The van der Waals surface area contributed by atoms with Crippen molar-refractivity contribution in [2.75, 3.05) is 0 Å². The molecule has 1 aliphatic carbocycles. The molecule has 24 heavy (non-hydrogen) atoms. The molecule has 0 unspecified atom stereocenters. The monoisotopic (exact) mass is 316 g/mol. The predicted octanol–water partition coefficient (Wildman–Crippen LogP) is 4.93. The Labute approximate surface area is 141 Å². The first kappa shape index (κ1) is 14.9. The number of aldehydes is 1. The van der Waals surface area contributed by atoms with Gasteiger partial charge in [-0.05, 0) is 48.9 Å². The van der Waals surface area contributed by atoms with E-state index < -0.39 is 0 Å². The van der Waals surface area contributed by atoms with Crippen molar-refractivity contribution < 1.29 is 4.79 Å². The zero-order chi connectivity index (χ0) is 16.5. The van der Waals surface area contributed by atoms with Gasteiger partial charge in [0.1, 0.15) is 6.29 Å². The first-order valence-corrected chi connectivity index (χ1v) is 8.53. The van der Waals surface area contributed by atoms with Crippen molar-refractivity contribution in [2.24, 2.45) is 0 Å². The van der Waals surface area contributed by atoms with Crippen LogP contribution in [0.5, 0.6) is 0 Å². The van der Waals surface area contributed by atoms with Gasteiger partial charge in [-0.1, -0.05) is 42.5 Å². The zero-order valence-electron chi connectivity index (χ0n) is 13.8. The molecule has 2 aromatic carbocycles. The fourth-order valence-electron chi connectivity index (χ4n) is 3.23. The van der Waals surface area contributed by atoms with E-state index in [9.17, 15) is 4.79 Å². The number of rotatable bonds is 5. The van der Waals surface area contributed by atoms with Crippen molar-refractivity contribution >= 4 is 6.29 Å². The lowest BCUT2D eigenvalue weighted by Crippen LogP contribution is -1.99. The van der Waals surface area contributed by atoms with E-state index in [1.54, 1.807) is 0 Å². The molecule has 0 radical (unpaired) electrons. The Kier molecular flexibility index (Phi) is 3.77. The van der Waals surface area contributed by atoms with Gasteiger partial charge in [0, 0.05) is 17.7 Å². The highest BCUT2D eigenvalue weighted by Gasteiger charge is 2.26. The van der Waals surface area contributed by atoms with Crippen LogP contribution >= 0.6 is 0 Å². The van der Waals surface area contributed by atoms with E-state index in [1.165, 1.54) is 24.0 Å². The second-order valence-corrected chi connectivity index (χ2v) is 6.33. The van der Waals surface area contributed by atoms with Gasteiger partial charge < -0.3 is 0 Å². The Morgan fingerprint density at radius 1 is 1.08 bits per heavy atom. The maximum Gasteiger partial charge on any atom is 0.150 e. The molecule has 120 valence electrons. The standard InChI is InChI=1S/C21H20N2O/c1-2-23-21(16-6-4-3-5-7-16)13-20(22-23)17-10-11-18(14-24)19(12-17)15-8-9-15/h3-7,10-15H,2,8-9H2,1H3. The molecule has 1 aromatic heterocycles. The summed E-state index contributed by atoms with van der Waals surface area (Å²) >= 11 is 0. The number of aromatic nitrogens is 2. The Morgan fingerprint density at radius 3 is 2.54 bits per heavy atom. The van der Waals surface area contributed by atoms with E-state index in [1.807, 2.05) is 35.0 Å². The van der Waals surface area contributed by atoms with Crippen LogP contribution in [0.15, 0.2) is 54.6 Å². The quantitative estimate of drug-likeness (QED) is 0.626. The van der Waals surface area contributed by atoms with Gasteiger partial charge in [-0.15, -0.1) is 0 Å². The molecule has 0 N–H and O–H groups in total. The number of hydrogen-bond acceptors (Lipinski definition) is 2. The fourth-order valence-corrected chi connectivity index (χ4v) is 3.23. The normalized spacial score (nSPS) is 13.9. The molecule has 0 saturated heterocycles. The second-order valence-electron chi connectivity index (χ2n) is 6.33. The third-order valence-electron chi connectivity index (χ3n) is 4.68. The van der Waals surface area contributed by atoms with Crippen LogP contribution < -0.4 is 0 Å². The highest BCUT2D eigenvalue weighted by Crippen LogP contribution is 2.42. The average Bonchev–Trinajstić information content (AvgIpc) is 3.40. The molecule has 1 heterocycles. The van der Waals surface area contributed by atoms with Gasteiger partial charge in [0.05, 0.1) is 11.4 Å². The molecule has 0 bridgehead atoms. The largest absolute Gasteiger partial charge is 0.298 e. The lowest BCUT2D eigenvalue weighted by molar-refractivity contribution is 0.112. The number of carbonyl (C=O) groups excluding carboxylic acids is 1. The lowest BCUT2D eigenvalue weighted by atomic mass is 9.99. The van der Waals surface area contributed by atoms with Crippen molar-refractivity contribution in [3.8, 4) is 22.5 Å². The van der Waals surface area contributed by atoms with Gasteiger partial charge in [0.25, 0.3) is 0 Å². The number of carbonyl (C=O) groups is 1. The number of benzene rings is 2. The summed E-state index contributed by atoms with van der Waals surface area (Å²) in [5, 5.41) is 4.78. The molecule has 4 rings (SSSR count). The van der Waals surface area contributed by atoms with E-state index in [2.05, 4.69) is 31.2 Å². The predicted molar refractivity (Wildman–Crippen MR) is 96.1 cm³/mol. The minimum atomic E-state index is 0.548. The molecule has 1 fully saturated rings. The minimum absolute atomic E-state index is 0.548. The van der Waals surface area contributed by atoms with Gasteiger partial charge in [-0.2, -0.15) is 5.10 Å². The Morgan fingerprint density at radius 2 is 1.88 bits per heavy atom. The van der Waals surface area contributed by atoms with Crippen LogP contribution in [-0.2, 0) is 6.54 Å². The van der Waals surface area contributed by atoms with Crippen LogP contribution in [0.2, 0.25) is 0 Å². The molecule has 3 aromatic rings. The number of nitrogens with zero attached hydrogens (tertiary/aromatic N) is 2. The summed E-state index contributed by atoms with van der Waals surface area (Å²) in [5.74, 6) is 0.548. The maximum atomic E-state index is 11.3. The topological polar surface area (TPSA) is 34.9 Å². The second kappa shape index (κ2) is 6.08. The summed E-state index contributed by atoms with van der Waals surface area (Å²) < 4.78 is 2.04. The Balaban J connectivity index is 1.79. The summed E-state index contributed by atoms with van der Waals surface area (Å²) in [6, 6.07) is 18.6. The average molecular weight is 316 g/mol. The van der Waals surface area contributed by atoms with Crippen LogP contribution in [0, 0.1) is 0 Å². The van der Waals surface area contributed by atoms with Crippen LogP contribution in [0.1, 0.15) is 41.6 Å². The molecule has 3 heteroatoms. The maximum absolute atomic E-state index is 11.3. The Bertz CT molecular complexity index is 876. The molecule has 1 aliphatic rings. The molecular weight excluding hydrogens is 296 g/mol. The van der Waals surface area contributed by atoms with Crippen molar-refractivity contribution in [1.29, 1.82) is 0 Å². The number of aryl methyl sites for hydroxylation is 1. The molecule has 0 amide bonds. The van der Waals surface area contributed by atoms with Gasteiger partial charge in [-0.3, -0.25) is 9.48 Å². The lowest BCUT2D eigenvalue weighted by Gasteiger charge is -2.05. The summed E-state index contributed by atoms with van der Waals surface area (Å²) in [5.41, 5.74) is 6.35. The van der Waals surface area contributed by atoms with Crippen molar-refractivity contribution in [3.63, 3.8) is 0 Å². The zero-order valence-corrected chi connectivity index (χ0v) is 13.8. The van der Waals surface area contributed by atoms with Gasteiger partial charge in [0.15, 0.2) is 0 Å². The first-order chi connectivity index (χ1) is 11.8. The van der Waals surface area contributed by atoms with E-state index in [-0.39, 0.29) is 0 Å². The third kappa shape index (κ3) is 2.67. The number of hydrogen-bond donors (Lipinski definition) is 0. The highest BCUT2D eigenvalue weighted by molar-refractivity contribution is 5.80. The summed E-state index contributed by atoms with van der Waals surface area (Å²) in [7, 11) is 0. The summed E-state index contributed by atoms with van der Waals surface area (Å²) in [6.45, 7) is 2.93. The highest BCUT2D eigenvalue weighted by atomic mass is 16.1. The van der Waals surface area contributed by atoms with E-state index in [0.717, 1.165) is 35.3 Å². The van der Waals surface area contributed by atoms with Crippen LogP contribution in [-0.4, -0.2) is 16.1 Å². The molecule has 1 saturated carbocycles. The van der Waals surface area contributed by atoms with Gasteiger partial charge >= 0.3 is 0 Å². The fraction of sp³-hybridized carbons (Fsp3) is 0.238.